The van der Waals surface area contributed by atoms with Crippen molar-refractivity contribution in [1.29, 1.82) is 5.26 Å². The standard InChI is InChI=1S/C33H31FN4O6S/c1-19(2)44-18-29-37-32(40)31(33(41)38(29)30(22-6-7-22)23-5-3-4-20(14-23)17-35)45(42,43)26-11-8-21(9-12-26)27-13-10-25(34)15-24(27)16-28(36)39/h3-5,8-15,19,22,30,40H,6-7,16,18H2,1-2H3,(H2,36,39)/t30-/m0/s1. The molecular formula is C33H31FN4O6S. The second-order valence-electron chi connectivity index (χ2n) is 11.2. The van der Waals surface area contributed by atoms with Crippen LogP contribution in [0.3, 0.4) is 0 Å². The molecule has 10 nitrogen and oxygen atoms in total. The van der Waals surface area contributed by atoms with Crippen molar-refractivity contribution in [3.05, 3.63) is 105 Å². The molecule has 0 saturated heterocycles. The Morgan fingerprint density at radius 2 is 1.87 bits per heavy atom. The fraction of sp³-hybridized carbons (Fsp3) is 0.273. The molecule has 0 radical (unpaired) electrons. The third-order valence-corrected chi connectivity index (χ3v) is 9.34. The van der Waals surface area contributed by atoms with Gasteiger partial charge in [0.25, 0.3) is 5.56 Å². The number of carbonyl (C=O) groups excluding carboxylic acids is 1. The summed E-state index contributed by atoms with van der Waals surface area (Å²) in [6, 6.07) is 17.5. The topological polar surface area (TPSA) is 165 Å². The number of hydrogen-bond donors (Lipinski definition) is 2. The second kappa shape index (κ2) is 12.6. The highest BCUT2D eigenvalue weighted by atomic mass is 32.2. The lowest BCUT2D eigenvalue weighted by Gasteiger charge is -2.25. The molecule has 1 amide bonds. The number of primary amides is 1. The number of nitrogens with two attached hydrogens (primary N) is 1. The van der Waals surface area contributed by atoms with Gasteiger partial charge in [-0.15, -0.1) is 0 Å². The molecule has 1 aromatic heterocycles. The summed E-state index contributed by atoms with van der Waals surface area (Å²) in [5.74, 6) is -2.14. The number of amides is 1. The van der Waals surface area contributed by atoms with Crippen molar-refractivity contribution < 1.29 is 27.4 Å². The van der Waals surface area contributed by atoms with E-state index in [4.69, 9.17) is 10.5 Å². The maximum atomic E-state index is 14.2. The quantitative estimate of drug-likeness (QED) is 0.246. The van der Waals surface area contributed by atoms with Crippen LogP contribution in [0.25, 0.3) is 11.1 Å². The maximum absolute atomic E-state index is 14.2. The van der Waals surface area contributed by atoms with Crippen molar-refractivity contribution in [2.75, 3.05) is 0 Å². The van der Waals surface area contributed by atoms with Crippen LogP contribution in [-0.2, 0) is 32.4 Å². The smallest absolute Gasteiger partial charge is 0.277 e. The monoisotopic (exact) mass is 630 g/mol. The van der Waals surface area contributed by atoms with E-state index < -0.39 is 43.9 Å². The lowest BCUT2D eigenvalue weighted by molar-refractivity contribution is -0.117. The average molecular weight is 631 g/mol. The fourth-order valence-electron chi connectivity index (χ4n) is 5.36. The Morgan fingerprint density at radius 1 is 1.16 bits per heavy atom. The number of nitrogens with zero attached hydrogens (tertiary/aromatic N) is 3. The SMILES string of the molecule is CC(C)OCc1nc(O)c(S(=O)(=O)c2ccc(-c3ccc(F)cc3CC(N)=O)cc2)c(=O)n1[C@H](c1cccc(C#N)c1)C1CC1. The van der Waals surface area contributed by atoms with Crippen molar-refractivity contribution in [2.45, 2.75) is 61.7 Å². The molecule has 1 saturated carbocycles. The van der Waals surface area contributed by atoms with Gasteiger partial charge in [-0.05, 0) is 91.3 Å². The Bertz CT molecular complexity index is 1980. The van der Waals surface area contributed by atoms with Crippen molar-refractivity contribution >= 4 is 15.7 Å². The van der Waals surface area contributed by atoms with Gasteiger partial charge in [0, 0.05) is 0 Å². The number of hydrogen-bond acceptors (Lipinski definition) is 8. The Hall–Kier alpha value is -4.86. The van der Waals surface area contributed by atoms with Gasteiger partial charge in [-0.3, -0.25) is 14.2 Å². The Labute approximate surface area is 259 Å². The molecule has 1 atom stereocenters. The van der Waals surface area contributed by atoms with E-state index in [9.17, 15) is 32.8 Å². The van der Waals surface area contributed by atoms with Crippen LogP contribution in [0.2, 0.25) is 0 Å². The van der Waals surface area contributed by atoms with Crippen LogP contribution in [-0.4, -0.2) is 35.1 Å². The minimum atomic E-state index is -4.61. The van der Waals surface area contributed by atoms with Crippen molar-refractivity contribution in [2.24, 2.45) is 11.7 Å². The first-order valence-corrected chi connectivity index (χ1v) is 15.8. The zero-order valence-electron chi connectivity index (χ0n) is 24.6. The predicted octanol–water partition coefficient (Wildman–Crippen LogP) is 4.41. The molecule has 0 unspecified atom stereocenters. The van der Waals surface area contributed by atoms with Gasteiger partial charge in [-0.25, -0.2) is 12.8 Å². The number of sulfone groups is 1. The average Bonchev–Trinajstić information content (AvgIpc) is 3.83. The van der Waals surface area contributed by atoms with E-state index in [1.807, 2.05) is 0 Å². The van der Waals surface area contributed by atoms with E-state index in [0.29, 0.717) is 27.8 Å². The molecule has 232 valence electrons. The largest absolute Gasteiger partial charge is 0.492 e. The van der Waals surface area contributed by atoms with Crippen LogP contribution >= 0.6 is 0 Å². The van der Waals surface area contributed by atoms with Gasteiger partial charge in [0.15, 0.2) is 4.90 Å². The van der Waals surface area contributed by atoms with E-state index >= 15 is 0 Å². The third kappa shape index (κ3) is 6.64. The van der Waals surface area contributed by atoms with Gasteiger partial charge < -0.3 is 15.6 Å². The third-order valence-electron chi connectivity index (χ3n) is 7.56. The fourth-order valence-corrected chi connectivity index (χ4v) is 6.70. The van der Waals surface area contributed by atoms with Gasteiger partial charge in [0.2, 0.25) is 21.6 Å². The number of halogens is 1. The van der Waals surface area contributed by atoms with E-state index in [1.54, 1.807) is 38.1 Å². The molecule has 5 rings (SSSR count). The number of aromatic hydroxyl groups is 1. The summed E-state index contributed by atoms with van der Waals surface area (Å²) in [5, 5.41) is 20.4. The summed E-state index contributed by atoms with van der Waals surface area (Å²) in [6.07, 6.45) is 1.07. The predicted molar refractivity (Wildman–Crippen MR) is 162 cm³/mol. The zero-order chi connectivity index (χ0) is 32.5. The van der Waals surface area contributed by atoms with Crippen LogP contribution in [0.4, 0.5) is 4.39 Å². The van der Waals surface area contributed by atoms with Crippen LogP contribution in [0.5, 0.6) is 5.88 Å². The van der Waals surface area contributed by atoms with Crippen LogP contribution in [0.15, 0.2) is 81.3 Å². The first-order chi connectivity index (χ1) is 21.4. The van der Waals surface area contributed by atoms with E-state index in [-0.39, 0.29) is 35.8 Å². The van der Waals surface area contributed by atoms with E-state index in [0.717, 1.165) is 12.8 Å². The van der Waals surface area contributed by atoms with Crippen LogP contribution in [0, 0.1) is 23.1 Å². The van der Waals surface area contributed by atoms with Gasteiger partial charge in [0.1, 0.15) is 18.2 Å². The number of aromatic nitrogens is 2. The van der Waals surface area contributed by atoms with Gasteiger partial charge in [-0.1, -0.05) is 30.3 Å². The molecule has 0 bridgehead atoms. The molecular weight excluding hydrogens is 599 g/mol. The molecule has 1 fully saturated rings. The van der Waals surface area contributed by atoms with Gasteiger partial charge in [-0.2, -0.15) is 10.2 Å². The molecule has 4 aromatic rings. The molecule has 1 heterocycles. The number of ether oxygens (including phenoxy) is 1. The first-order valence-electron chi connectivity index (χ1n) is 14.3. The second-order valence-corrected chi connectivity index (χ2v) is 13.1. The van der Waals surface area contributed by atoms with Gasteiger partial charge >= 0.3 is 0 Å². The summed E-state index contributed by atoms with van der Waals surface area (Å²) >= 11 is 0. The Kier molecular flexibility index (Phi) is 8.86. The minimum Gasteiger partial charge on any atom is -0.492 e. The summed E-state index contributed by atoms with van der Waals surface area (Å²) < 4.78 is 48.8. The van der Waals surface area contributed by atoms with Crippen LogP contribution < -0.4 is 11.3 Å². The molecule has 0 spiro atoms. The molecule has 0 aliphatic heterocycles. The Morgan fingerprint density at radius 3 is 2.49 bits per heavy atom. The Balaban J connectivity index is 1.63. The molecule has 12 heteroatoms. The van der Waals surface area contributed by atoms with Crippen LogP contribution in [0.1, 0.15) is 55.2 Å². The highest BCUT2D eigenvalue weighted by Crippen LogP contribution is 2.44. The van der Waals surface area contributed by atoms with Gasteiger partial charge in [0.05, 0.1) is 35.1 Å². The summed E-state index contributed by atoms with van der Waals surface area (Å²) in [4.78, 5) is 28.8. The molecule has 1 aliphatic carbocycles. The first kappa shape index (κ1) is 31.6. The maximum Gasteiger partial charge on any atom is 0.277 e. The summed E-state index contributed by atoms with van der Waals surface area (Å²) in [7, 11) is -4.61. The van der Waals surface area contributed by atoms with E-state index in [2.05, 4.69) is 11.1 Å². The van der Waals surface area contributed by atoms with E-state index in [1.165, 1.54) is 47.0 Å². The van der Waals surface area contributed by atoms with Crippen molar-refractivity contribution in [1.82, 2.24) is 9.55 Å². The molecule has 1 aliphatic rings. The zero-order valence-corrected chi connectivity index (χ0v) is 25.4. The lowest BCUT2D eigenvalue weighted by Crippen LogP contribution is -2.35. The molecule has 3 N–H and O–H groups in total. The molecule has 3 aromatic carbocycles. The highest BCUT2D eigenvalue weighted by Gasteiger charge is 2.39. The number of nitriles is 1. The summed E-state index contributed by atoms with van der Waals surface area (Å²) in [6.45, 7) is 3.42. The number of rotatable bonds is 11. The number of benzene rings is 3. The highest BCUT2D eigenvalue weighted by molar-refractivity contribution is 7.91. The van der Waals surface area contributed by atoms with Crippen molar-refractivity contribution in [3.63, 3.8) is 0 Å². The minimum absolute atomic E-state index is 0.0269. The number of carbonyl (C=O) groups is 1. The van der Waals surface area contributed by atoms with Crippen molar-refractivity contribution in [3.8, 4) is 23.1 Å². The normalized spacial score (nSPS) is 13.8. The summed E-state index contributed by atoms with van der Waals surface area (Å²) in [5.41, 5.74) is 6.67. The lowest BCUT2D eigenvalue weighted by atomic mass is 9.97. The molecule has 45 heavy (non-hydrogen) atoms.